The largest absolute Gasteiger partial charge is 0.868 e. The average molecular weight is 322 g/mol. The molecule has 0 atom stereocenters. The fourth-order valence-corrected chi connectivity index (χ4v) is 2.41. The van der Waals surface area contributed by atoms with Gasteiger partial charge in [-0.25, -0.2) is 0 Å². The molecule has 1 aromatic carbocycles. The first-order valence-corrected chi connectivity index (χ1v) is 7.87. The van der Waals surface area contributed by atoms with Crippen molar-refractivity contribution in [1.29, 1.82) is 0 Å². The van der Waals surface area contributed by atoms with Crippen molar-refractivity contribution < 1.29 is 9.67 Å². The Morgan fingerprint density at radius 3 is 2.30 bits per heavy atom. The van der Waals surface area contributed by atoms with E-state index < -0.39 is 0 Å². The third kappa shape index (κ3) is 3.39. The van der Waals surface area contributed by atoms with Crippen LogP contribution in [0.5, 0.6) is 0 Å². The van der Waals surface area contributed by atoms with Crippen molar-refractivity contribution in [2.45, 2.75) is 0 Å². The molecule has 2 rings (SSSR count). The van der Waals surface area contributed by atoms with E-state index in [2.05, 4.69) is 0 Å². The smallest absolute Gasteiger partial charge is 0.228 e. The van der Waals surface area contributed by atoms with Crippen LogP contribution in [0.25, 0.3) is 11.5 Å². The van der Waals surface area contributed by atoms with E-state index in [4.69, 9.17) is 23.8 Å². The molecule has 0 amide bonds. The SMILES string of the molecule is CSC(=S)/C(=C(/[O-])c1ccc(Cl)cc1)[n+]1ccccc1. The van der Waals surface area contributed by atoms with Crippen molar-refractivity contribution in [2.24, 2.45) is 0 Å². The molecule has 0 spiro atoms. The molecule has 0 aliphatic heterocycles. The summed E-state index contributed by atoms with van der Waals surface area (Å²) >= 11 is 12.5. The molecule has 102 valence electrons. The van der Waals surface area contributed by atoms with Crippen molar-refractivity contribution in [2.75, 3.05) is 6.26 Å². The molecule has 0 saturated carbocycles. The number of hydrogen-bond acceptors (Lipinski definition) is 3. The molecule has 1 heterocycles. The maximum absolute atomic E-state index is 12.7. The van der Waals surface area contributed by atoms with Crippen LogP contribution in [-0.2, 0) is 0 Å². The number of thiocarbonyl (C=S) groups is 1. The molecule has 0 bridgehead atoms. The van der Waals surface area contributed by atoms with E-state index in [1.165, 1.54) is 11.8 Å². The van der Waals surface area contributed by atoms with Crippen molar-refractivity contribution >= 4 is 51.2 Å². The molecule has 2 nitrogen and oxygen atoms in total. The molecule has 0 unspecified atom stereocenters. The summed E-state index contributed by atoms with van der Waals surface area (Å²) in [5, 5.41) is 13.3. The van der Waals surface area contributed by atoms with Gasteiger partial charge in [-0.05, 0) is 29.7 Å². The molecule has 0 fully saturated rings. The van der Waals surface area contributed by atoms with Crippen molar-refractivity contribution in [3.63, 3.8) is 0 Å². The maximum Gasteiger partial charge on any atom is 0.228 e. The Kier molecular flexibility index (Phi) is 5.17. The van der Waals surface area contributed by atoms with E-state index in [0.29, 0.717) is 20.5 Å². The number of pyridine rings is 1. The highest BCUT2D eigenvalue weighted by Crippen LogP contribution is 2.20. The van der Waals surface area contributed by atoms with Gasteiger partial charge >= 0.3 is 0 Å². The topological polar surface area (TPSA) is 26.9 Å². The summed E-state index contributed by atoms with van der Waals surface area (Å²) in [6.07, 6.45) is 5.48. The number of hydrogen-bond donors (Lipinski definition) is 0. The summed E-state index contributed by atoms with van der Waals surface area (Å²) < 4.78 is 2.30. The van der Waals surface area contributed by atoms with Crippen molar-refractivity contribution in [3.05, 3.63) is 65.4 Å². The van der Waals surface area contributed by atoms with Gasteiger partial charge in [0, 0.05) is 17.2 Å². The Morgan fingerprint density at radius 2 is 1.75 bits per heavy atom. The second-order valence-corrected chi connectivity index (χ2v) is 5.88. The molecule has 0 N–H and O–H groups in total. The van der Waals surface area contributed by atoms with E-state index in [0.717, 1.165) is 0 Å². The quantitative estimate of drug-likeness (QED) is 0.376. The molecule has 2 aromatic rings. The third-order valence-corrected chi connectivity index (χ3v) is 4.18. The zero-order valence-electron chi connectivity index (χ0n) is 10.7. The van der Waals surface area contributed by atoms with Gasteiger partial charge in [0.1, 0.15) is 4.20 Å². The fourth-order valence-electron chi connectivity index (χ4n) is 1.70. The third-order valence-electron chi connectivity index (χ3n) is 2.67. The number of thioether (sulfide) groups is 1. The lowest BCUT2D eigenvalue weighted by atomic mass is 10.1. The maximum atomic E-state index is 12.7. The number of halogens is 1. The molecule has 0 aliphatic rings. The van der Waals surface area contributed by atoms with E-state index in [9.17, 15) is 5.11 Å². The summed E-state index contributed by atoms with van der Waals surface area (Å²) in [4.78, 5) is 0. The summed E-state index contributed by atoms with van der Waals surface area (Å²) in [5.74, 6) is -0.114. The molecule has 5 heteroatoms. The Morgan fingerprint density at radius 1 is 1.15 bits per heavy atom. The Hall–Kier alpha value is -1.36. The van der Waals surface area contributed by atoms with Gasteiger partial charge in [0.25, 0.3) is 0 Å². The molecule has 20 heavy (non-hydrogen) atoms. The predicted octanol–water partition coefficient (Wildman–Crippen LogP) is 3.00. The lowest BCUT2D eigenvalue weighted by Gasteiger charge is -2.15. The summed E-state index contributed by atoms with van der Waals surface area (Å²) in [5.41, 5.74) is 1.05. The standard InChI is InChI=1S/C15H12ClNOS2/c1-20-15(19)13(17-9-3-2-4-10-17)14(18)11-5-7-12(16)8-6-11/h2-10H,1H3. The lowest BCUT2D eigenvalue weighted by Crippen LogP contribution is -2.36. The highest BCUT2D eigenvalue weighted by atomic mass is 35.5. The van der Waals surface area contributed by atoms with Crippen LogP contribution in [0.4, 0.5) is 0 Å². The van der Waals surface area contributed by atoms with E-state index >= 15 is 0 Å². The predicted molar refractivity (Wildman–Crippen MR) is 87.3 cm³/mol. The molecule has 0 saturated heterocycles. The first-order valence-electron chi connectivity index (χ1n) is 5.85. The van der Waals surface area contributed by atoms with Gasteiger partial charge < -0.3 is 5.11 Å². The number of nitrogens with zero attached hydrogens (tertiary/aromatic N) is 1. The highest BCUT2D eigenvalue weighted by Gasteiger charge is 2.17. The molecular formula is C15H12ClNOS2. The van der Waals surface area contributed by atoms with Crippen LogP contribution < -0.4 is 9.67 Å². The van der Waals surface area contributed by atoms with Gasteiger partial charge in [-0.3, -0.25) is 0 Å². The van der Waals surface area contributed by atoms with Gasteiger partial charge in [-0.15, -0.1) is 11.8 Å². The average Bonchev–Trinajstić information content (AvgIpc) is 2.49. The number of aromatic nitrogens is 1. The summed E-state index contributed by atoms with van der Waals surface area (Å²) in [6, 6.07) is 12.4. The minimum Gasteiger partial charge on any atom is -0.868 e. The zero-order valence-corrected chi connectivity index (χ0v) is 13.1. The van der Waals surface area contributed by atoms with E-state index in [1.54, 1.807) is 28.8 Å². The van der Waals surface area contributed by atoms with Crippen LogP contribution >= 0.6 is 35.6 Å². The van der Waals surface area contributed by atoms with Crippen molar-refractivity contribution in [3.8, 4) is 0 Å². The second-order valence-electron chi connectivity index (χ2n) is 3.96. The Labute approximate surface area is 132 Å². The molecular weight excluding hydrogens is 310 g/mol. The molecule has 0 aliphatic carbocycles. The van der Waals surface area contributed by atoms with Crippen LogP contribution in [-0.4, -0.2) is 10.5 Å². The molecule has 1 aromatic heterocycles. The zero-order chi connectivity index (χ0) is 14.5. The molecule has 0 radical (unpaired) electrons. The van der Waals surface area contributed by atoms with Crippen LogP contribution in [0.1, 0.15) is 5.56 Å². The lowest BCUT2D eigenvalue weighted by molar-refractivity contribution is -0.577. The van der Waals surface area contributed by atoms with Crippen LogP contribution in [0.2, 0.25) is 5.02 Å². The van der Waals surface area contributed by atoms with Gasteiger partial charge in [-0.1, -0.05) is 42.0 Å². The Balaban J connectivity index is 2.57. The summed E-state index contributed by atoms with van der Waals surface area (Å²) in [7, 11) is 0. The normalized spacial score (nSPS) is 11.9. The first kappa shape index (κ1) is 15.0. The van der Waals surface area contributed by atoms with Gasteiger partial charge in [0.15, 0.2) is 12.4 Å². The fraction of sp³-hybridized carbons (Fsp3) is 0.0667. The monoisotopic (exact) mass is 321 g/mol. The minimum atomic E-state index is -0.114. The number of benzene rings is 1. The van der Waals surface area contributed by atoms with Gasteiger partial charge in [0.05, 0.1) is 0 Å². The minimum absolute atomic E-state index is 0.114. The van der Waals surface area contributed by atoms with Gasteiger partial charge in [0.2, 0.25) is 5.70 Å². The van der Waals surface area contributed by atoms with E-state index in [1.807, 2.05) is 36.8 Å². The Bertz CT molecular complexity index is 639. The summed E-state index contributed by atoms with van der Waals surface area (Å²) in [6.45, 7) is 0. The van der Waals surface area contributed by atoms with Crippen molar-refractivity contribution in [1.82, 2.24) is 0 Å². The highest BCUT2D eigenvalue weighted by molar-refractivity contribution is 8.23. The second kappa shape index (κ2) is 6.88. The van der Waals surface area contributed by atoms with Crippen LogP contribution in [0, 0.1) is 0 Å². The van der Waals surface area contributed by atoms with E-state index in [-0.39, 0.29) is 5.76 Å². The van der Waals surface area contributed by atoms with Gasteiger partial charge in [-0.2, -0.15) is 4.57 Å². The van der Waals surface area contributed by atoms with Crippen LogP contribution in [0.3, 0.4) is 0 Å². The number of rotatable bonds is 3. The first-order chi connectivity index (χ1) is 9.63. The van der Waals surface area contributed by atoms with Crippen LogP contribution in [0.15, 0.2) is 54.9 Å².